The molecule has 2 fully saturated rings. The summed E-state index contributed by atoms with van der Waals surface area (Å²) in [5.74, 6) is -1.22. The first-order valence-corrected chi connectivity index (χ1v) is 9.48. The summed E-state index contributed by atoms with van der Waals surface area (Å²) in [6.45, 7) is 1.30. The minimum Gasteiger partial charge on any atom is -0.483 e. The maximum Gasteiger partial charge on any atom is 0.341 e. The topological polar surface area (TPSA) is 88.8 Å². The number of carbonyl (C=O) groups excluding carboxylic acids is 1. The number of hydrogen-bond donors (Lipinski definition) is 1. The van der Waals surface area contributed by atoms with Crippen LogP contribution in [0.2, 0.25) is 0 Å². The lowest BCUT2D eigenvalue weighted by molar-refractivity contribution is 0.0392. The van der Waals surface area contributed by atoms with Gasteiger partial charge in [0.15, 0.2) is 11.4 Å². The molecule has 0 radical (unpaired) electrons. The van der Waals surface area contributed by atoms with Crippen LogP contribution in [0.3, 0.4) is 0 Å². The van der Waals surface area contributed by atoms with Crippen LogP contribution >= 0.6 is 0 Å². The fourth-order valence-electron chi connectivity index (χ4n) is 5.04. The maximum atomic E-state index is 13.3. The van der Waals surface area contributed by atoms with E-state index >= 15 is 0 Å². The molecule has 7 nitrogen and oxygen atoms in total. The van der Waals surface area contributed by atoms with E-state index in [4.69, 9.17) is 4.74 Å². The van der Waals surface area contributed by atoms with Crippen molar-refractivity contribution >= 4 is 11.9 Å². The predicted octanol–water partition coefficient (Wildman–Crippen LogP) is 2.13. The van der Waals surface area contributed by atoms with E-state index in [0.717, 1.165) is 24.8 Å². The van der Waals surface area contributed by atoms with Crippen LogP contribution in [0.25, 0.3) is 0 Å². The van der Waals surface area contributed by atoms with Gasteiger partial charge in [-0.3, -0.25) is 9.59 Å². The molecule has 2 aliphatic heterocycles. The lowest BCUT2D eigenvalue weighted by Gasteiger charge is -2.44. The Labute approximate surface area is 161 Å². The van der Waals surface area contributed by atoms with Crippen LogP contribution in [0.5, 0.6) is 5.75 Å². The van der Waals surface area contributed by atoms with Crippen LogP contribution in [-0.4, -0.2) is 38.5 Å². The molecular weight excluding hydrogens is 360 g/mol. The number of carboxylic acids is 1. The summed E-state index contributed by atoms with van der Waals surface area (Å²) in [6, 6.07) is 9.27. The van der Waals surface area contributed by atoms with Crippen molar-refractivity contribution in [3.63, 3.8) is 0 Å². The molecular formula is C21H20N2O5. The zero-order chi connectivity index (χ0) is 19.5. The van der Waals surface area contributed by atoms with E-state index < -0.39 is 11.4 Å². The van der Waals surface area contributed by atoms with Crippen LogP contribution in [0.15, 0.2) is 41.3 Å². The fourth-order valence-corrected chi connectivity index (χ4v) is 5.04. The molecule has 1 saturated carbocycles. The van der Waals surface area contributed by atoms with Gasteiger partial charge in [-0.05, 0) is 30.7 Å². The zero-order valence-electron chi connectivity index (χ0n) is 15.3. The van der Waals surface area contributed by atoms with Gasteiger partial charge >= 0.3 is 5.97 Å². The fraction of sp³-hybridized carbons (Fsp3) is 0.381. The summed E-state index contributed by atoms with van der Waals surface area (Å²) in [4.78, 5) is 39.6. The van der Waals surface area contributed by atoms with Crippen LogP contribution in [-0.2, 0) is 13.2 Å². The van der Waals surface area contributed by atoms with Crippen LogP contribution < -0.4 is 10.2 Å². The SMILES string of the molecule is O=C(O)c1cn2c(c(OCc3ccccc3)c1=O)C(=O)N1C[C@H]3CC[C@@]1(C3)C2. The van der Waals surface area contributed by atoms with E-state index in [1.807, 2.05) is 35.2 Å². The molecule has 1 amide bonds. The van der Waals surface area contributed by atoms with Gasteiger partial charge < -0.3 is 19.3 Å². The van der Waals surface area contributed by atoms with E-state index in [1.54, 1.807) is 4.57 Å². The molecule has 1 aromatic carbocycles. The lowest BCUT2D eigenvalue weighted by atomic mass is 9.93. The Bertz CT molecular complexity index is 1040. The van der Waals surface area contributed by atoms with Gasteiger partial charge in [0.25, 0.3) is 5.91 Å². The second-order valence-electron chi connectivity index (χ2n) is 8.01. The molecule has 2 atom stereocenters. The molecule has 3 heterocycles. The molecule has 28 heavy (non-hydrogen) atoms. The molecule has 1 aromatic heterocycles. The summed E-state index contributed by atoms with van der Waals surface area (Å²) in [5.41, 5.74) is -0.359. The Balaban J connectivity index is 1.61. The number of piperidine rings is 1. The lowest BCUT2D eigenvalue weighted by Crippen LogP contribution is -2.55. The predicted molar refractivity (Wildman–Crippen MR) is 99.5 cm³/mol. The number of carboxylic acid groups (broad SMARTS) is 1. The zero-order valence-corrected chi connectivity index (χ0v) is 15.3. The van der Waals surface area contributed by atoms with E-state index in [-0.39, 0.29) is 35.1 Å². The summed E-state index contributed by atoms with van der Waals surface area (Å²) in [6.07, 6.45) is 4.25. The summed E-state index contributed by atoms with van der Waals surface area (Å²) in [7, 11) is 0. The van der Waals surface area contributed by atoms with Gasteiger partial charge in [0.05, 0.1) is 5.54 Å². The minimum atomic E-state index is -1.31. The first kappa shape index (κ1) is 17.0. The Kier molecular flexibility index (Phi) is 3.62. The van der Waals surface area contributed by atoms with Gasteiger partial charge in [-0.25, -0.2) is 4.79 Å². The third-order valence-electron chi connectivity index (χ3n) is 6.31. The van der Waals surface area contributed by atoms with Gasteiger partial charge in [-0.1, -0.05) is 30.3 Å². The Morgan fingerprint density at radius 2 is 2.04 bits per heavy atom. The molecule has 2 bridgehead atoms. The van der Waals surface area contributed by atoms with Crippen molar-refractivity contribution in [1.29, 1.82) is 0 Å². The molecule has 1 saturated heterocycles. The van der Waals surface area contributed by atoms with E-state index in [2.05, 4.69) is 0 Å². The number of fused-ring (bicyclic) bond motifs is 2. The monoisotopic (exact) mass is 380 g/mol. The number of aromatic carboxylic acids is 1. The van der Waals surface area contributed by atoms with Crippen molar-refractivity contribution in [2.45, 2.75) is 38.0 Å². The van der Waals surface area contributed by atoms with Crippen molar-refractivity contribution < 1.29 is 19.4 Å². The Morgan fingerprint density at radius 1 is 1.25 bits per heavy atom. The van der Waals surface area contributed by atoms with Gasteiger partial charge in [-0.15, -0.1) is 0 Å². The van der Waals surface area contributed by atoms with Gasteiger partial charge in [0.1, 0.15) is 12.2 Å². The molecule has 0 unspecified atom stereocenters. The Hall–Kier alpha value is -3.09. The smallest absolute Gasteiger partial charge is 0.341 e. The highest BCUT2D eigenvalue weighted by Gasteiger charge is 2.56. The maximum absolute atomic E-state index is 13.3. The number of rotatable bonds is 4. The van der Waals surface area contributed by atoms with E-state index in [9.17, 15) is 19.5 Å². The number of ether oxygens (including phenoxy) is 1. The number of aromatic nitrogens is 1. The summed E-state index contributed by atoms with van der Waals surface area (Å²) in [5, 5.41) is 9.50. The van der Waals surface area contributed by atoms with Gasteiger partial charge in [0.2, 0.25) is 5.43 Å². The number of hydrogen-bond acceptors (Lipinski definition) is 4. The Morgan fingerprint density at radius 3 is 2.75 bits per heavy atom. The standard InChI is InChI=1S/C21H20N2O5/c24-17-15(20(26)27)10-22-12-21-7-6-14(8-21)9-23(21)19(25)16(22)18(17)28-11-13-4-2-1-3-5-13/h1-5,10,14H,6-9,11-12H2,(H,26,27)/t14-,21+/m0/s1. The first-order chi connectivity index (χ1) is 13.5. The highest BCUT2D eigenvalue weighted by Crippen LogP contribution is 2.50. The van der Waals surface area contributed by atoms with E-state index in [0.29, 0.717) is 19.0 Å². The highest BCUT2D eigenvalue weighted by atomic mass is 16.5. The van der Waals surface area contributed by atoms with Crippen LogP contribution in [0.1, 0.15) is 45.7 Å². The third-order valence-corrected chi connectivity index (χ3v) is 6.31. The van der Waals surface area contributed by atoms with Crippen molar-refractivity contribution in [3.8, 4) is 5.75 Å². The van der Waals surface area contributed by atoms with E-state index in [1.165, 1.54) is 6.20 Å². The van der Waals surface area contributed by atoms with Gasteiger partial charge in [-0.2, -0.15) is 0 Å². The average Bonchev–Trinajstić information content (AvgIpc) is 3.25. The molecule has 2 aromatic rings. The minimum absolute atomic E-state index is 0.0905. The molecule has 144 valence electrons. The van der Waals surface area contributed by atoms with Crippen LogP contribution in [0.4, 0.5) is 0 Å². The second-order valence-corrected chi connectivity index (χ2v) is 8.01. The number of pyridine rings is 1. The summed E-state index contributed by atoms with van der Waals surface area (Å²) >= 11 is 0. The quantitative estimate of drug-likeness (QED) is 0.878. The molecule has 3 aliphatic rings. The number of amides is 1. The molecule has 1 spiro atoms. The van der Waals surface area contributed by atoms with Crippen molar-refractivity contribution in [1.82, 2.24) is 9.47 Å². The largest absolute Gasteiger partial charge is 0.483 e. The van der Waals surface area contributed by atoms with Gasteiger partial charge in [0, 0.05) is 19.3 Å². The van der Waals surface area contributed by atoms with Crippen LogP contribution in [0, 0.1) is 5.92 Å². The third kappa shape index (κ3) is 2.38. The average molecular weight is 380 g/mol. The second kappa shape index (κ2) is 5.95. The number of nitrogens with zero attached hydrogens (tertiary/aromatic N) is 2. The first-order valence-electron chi connectivity index (χ1n) is 9.48. The summed E-state index contributed by atoms with van der Waals surface area (Å²) < 4.78 is 7.40. The van der Waals surface area contributed by atoms with Crippen molar-refractivity contribution in [2.24, 2.45) is 5.92 Å². The van der Waals surface area contributed by atoms with Crippen molar-refractivity contribution in [3.05, 3.63) is 63.6 Å². The molecule has 1 aliphatic carbocycles. The van der Waals surface area contributed by atoms with Crippen molar-refractivity contribution in [2.75, 3.05) is 6.54 Å². The molecule has 1 N–H and O–H groups in total. The highest BCUT2D eigenvalue weighted by molar-refractivity contribution is 5.98. The normalized spacial score (nSPS) is 24.8. The molecule has 5 rings (SSSR count). The number of carbonyl (C=O) groups is 2. The number of benzene rings is 1. The molecule has 7 heteroatoms.